The van der Waals surface area contributed by atoms with Gasteiger partial charge in [-0.2, -0.15) is 5.26 Å². The van der Waals surface area contributed by atoms with Crippen LogP contribution in [0.4, 0.5) is 4.39 Å². The summed E-state index contributed by atoms with van der Waals surface area (Å²) in [5.74, 6) is -0.179. The molecule has 0 aliphatic rings. The number of halogens is 1. The van der Waals surface area contributed by atoms with E-state index in [0.717, 1.165) is 0 Å². The molecule has 0 saturated heterocycles. The lowest BCUT2D eigenvalue weighted by molar-refractivity contribution is 0.337. The van der Waals surface area contributed by atoms with E-state index in [1.165, 1.54) is 0 Å². The predicted octanol–water partition coefficient (Wildman–Crippen LogP) is 3.43. The molecule has 0 aromatic heterocycles. The van der Waals surface area contributed by atoms with Gasteiger partial charge in [0.25, 0.3) is 0 Å². The van der Waals surface area contributed by atoms with Crippen molar-refractivity contribution in [2.24, 2.45) is 0 Å². The number of nitriles is 1. The molecule has 1 aromatic carbocycles. The Bertz CT molecular complexity index is 355. The van der Waals surface area contributed by atoms with Gasteiger partial charge in [0.2, 0.25) is 0 Å². The van der Waals surface area contributed by atoms with E-state index in [0.29, 0.717) is 17.9 Å². The lowest BCUT2D eigenvalue weighted by atomic mass is 10.1. The van der Waals surface area contributed by atoms with Crippen molar-refractivity contribution in [2.75, 3.05) is 6.61 Å². The van der Waals surface area contributed by atoms with Crippen LogP contribution in [0.25, 0.3) is 0 Å². The Balaban J connectivity index is 0.000000921. The molecule has 1 rings (SSSR count). The zero-order chi connectivity index (χ0) is 11.8. The summed E-state index contributed by atoms with van der Waals surface area (Å²) in [5, 5.41) is 8.68. The van der Waals surface area contributed by atoms with Crippen molar-refractivity contribution in [3.63, 3.8) is 0 Å². The van der Waals surface area contributed by atoms with E-state index in [9.17, 15) is 4.39 Å². The van der Waals surface area contributed by atoms with Crippen LogP contribution in [0.2, 0.25) is 0 Å². The Morgan fingerprint density at radius 2 is 2.00 bits per heavy atom. The normalized spacial score (nSPS) is 8.53. The van der Waals surface area contributed by atoms with Crippen LogP contribution in [0, 0.1) is 24.1 Å². The van der Waals surface area contributed by atoms with Crippen LogP contribution >= 0.6 is 0 Å². The van der Waals surface area contributed by atoms with Crippen molar-refractivity contribution in [3.8, 4) is 11.8 Å². The molecule has 82 valence electrons. The maximum atomic E-state index is 13.3. The highest BCUT2D eigenvalue weighted by Crippen LogP contribution is 2.22. The van der Waals surface area contributed by atoms with Crippen molar-refractivity contribution < 1.29 is 9.13 Å². The summed E-state index contributed by atoms with van der Waals surface area (Å²) < 4.78 is 18.4. The summed E-state index contributed by atoms with van der Waals surface area (Å²) in [4.78, 5) is 0. The fourth-order valence-corrected chi connectivity index (χ4v) is 1.04. The van der Waals surface area contributed by atoms with Crippen LogP contribution in [0.15, 0.2) is 12.1 Å². The lowest BCUT2D eigenvalue weighted by Crippen LogP contribution is -1.98. The number of hydrogen-bond donors (Lipinski definition) is 0. The molecule has 0 atom stereocenters. The van der Waals surface area contributed by atoms with Gasteiger partial charge >= 0.3 is 0 Å². The molecule has 0 aliphatic carbocycles. The quantitative estimate of drug-likeness (QED) is 0.747. The van der Waals surface area contributed by atoms with E-state index >= 15 is 0 Å². The number of rotatable bonds is 2. The van der Waals surface area contributed by atoms with Gasteiger partial charge in [-0.3, -0.25) is 0 Å². The number of nitrogens with zero attached hydrogens (tertiary/aromatic N) is 1. The number of ether oxygens (including phenoxy) is 1. The van der Waals surface area contributed by atoms with E-state index in [-0.39, 0.29) is 5.56 Å². The fraction of sp³-hybridized carbons (Fsp3) is 0.417. The van der Waals surface area contributed by atoms with Crippen molar-refractivity contribution in [2.45, 2.75) is 27.7 Å². The maximum absolute atomic E-state index is 13.3. The number of hydrogen-bond acceptors (Lipinski definition) is 2. The third-order valence-electron chi connectivity index (χ3n) is 1.71. The van der Waals surface area contributed by atoms with Crippen LogP contribution in [0.3, 0.4) is 0 Å². The van der Waals surface area contributed by atoms with Gasteiger partial charge in [-0.05, 0) is 25.5 Å². The van der Waals surface area contributed by atoms with Crippen LogP contribution in [0.5, 0.6) is 5.75 Å². The summed E-state index contributed by atoms with van der Waals surface area (Å²) in [6, 6.07) is 5.00. The highest BCUT2D eigenvalue weighted by Gasteiger charge is 2.10. The molecule has 0 N–H and O–H groups in total. The van der Waals surface area contributed by atoms with E-state index in [1.54, 1.807) is 32.0 Å². The largest absolute Gasteiger partial charge is 0.492 e. The Morgan fingerprint density at radius 1 is 1.40 bits per heavy atom. The van der Waals surface area contributed by atoms with Gasteiger partial charge in [-0.1, -0.05) is 19.9 Å². The molecule has 0 aliphatic heterocycles. The van der Waals surface area contributed by atoms with Crippen molar-refractivity contribution in [1.29, 1.82) is 5.26 Å². The van der Waals surface area contributed by atoms with Gasteiger partial charge in [-0.15, -0.1) is 0 Å². The predicted molar refractivity (Wildman–Crippen MR) is 58.4 cm³/mol. The minimum atomic E-state index is -0.492. The van der Waals surface area contributed by atoms with E-state index in [4.69, 9.17) is 10.00 Å². The average Bonchev–Trinajstić information content (AvgIpc) is 2.27. The first-order chi connectivity index (χ1) is 7.20. The third kappa shape index (κ3) is 3.25. The number of aryl methyl sites for hydroxylation is 1. The summed E-state index contributed by atoms with van der Waals surface area (Å²) in [6.45, 7) is 7.84. The van der Waals surface area contributed by atoms with Crippen LogP contribution in [-0.4, -0.2) is 6.61 Å². The van der Waals surface area contributed by atoms with Gasteiger partial charge in [-0.25, -0.2) is 4.39 Å². The summed E-state index contributed by atoms with van der Waals surface area (Å²) in [7, 11) is 0. The first-order valence-electron chi connectivity index (χ1n) is 5.02. The molecule has 1 aromatic rings. The van der Waals surface area contributed by atoms with Gasteiger partial charge in [0.1, 0.15) is 23.2 Å². The SMILES string of the molecule is CC.CCOc1ccc(C)c(F)c1C#N. The molecule has 0 bridgehead atoms. The molecular weight excluding hydrogens is 193 g/mol. The third-order valence-corrected chi connectivity index (χ3v) is 1.71. The van der Waals surface area contributed by atoms with Crippen molar-refractivity contribution >= 4 is 0 Å². The maximum Gasteiger partial charge on any atom is 0.147 e. The molecule has 0 amide bonds. The zero-order valence-electron chi connectivity index (χ0n) is 9.60. The molecule has 0 saturated carbocycles. The molecule has 3 heteroatoms. The Hall–Kier alpha value is -1.56. The Kier molecular flexibility index (Phi) is 6.12. The highest BCUT2D eigenvalue weighted by atomic mass is 19.1. The smallest absolute Gasteiger partial charge is 0.147 e. The number of benzene rings is 1. The Labute approximate surface area is 90.3 Å². The first-order valence-corrected chi connectivity index (χ1v) is 5.02. The first kappa shape index (κ1) is 13.4. The zero-order valence-corrected chi connectivity index (χ0v) is 9.60. The minimum Gasteiger partial charge on any atom is -0.492 e. The summed E-state index contributed by atoms with van der Waals surface area (Å²) in [6.07, 6.45) is 0. The molecule has 2 nitrogen and oxygen atoms in total. The summed E-state index contributed by atoms with van der Waals surface area (Å²) in [5.41, 5.74) is 0.446. The van der Waals surface area contributed by atoms with Gasteiger partial charge in [0.05, 0.1) is 6.61 Å². The topological polar surface area (TPSA) is 33.0 Å². The molecule has 0 fully saturated rings. The van der Waals surface area contributed by atoms with Crippen LogP contribution in [0.1, 0.15) is 31.9 Å². The molecule has 15 heavy (non-hydrogen) atoms. The molecule has 0 spiro atoms. The second kappa shape index (κ2) is 6.83. The van der Waals surface area contributed by atoms with Crippen LogP contribution < -0.4 is 4.74 Å². The van der Waals surface area contributed by atoms with Crippen LogP contribution in [-0.2, 0) is 0 Å². The minimum absolute atomic E-state index is 0.0122. The Morgan fingerprint density at radius 3 is 2.47 bits per heavy atom. The standard InChI is InChI=1S/C10H10FNO.C2H6/c1-3-13-9-5-4-7(2)10(11)8(9)6-12;1-2/h4-5H,3H2,1-2H3;1-2H3. The molecule has 0 radical (unpaired) electrons. The second-order valence-electron chi connectivity index (χ2n) is 2.61. The molecule has 0 unspecified atom stereocenters. The van der Waals surface area contributed by atoms with Crippen molar-refractivity contribution in [3.05, 3.63) is 29.1 Å². The van der Waals surface area contributed by atoms with E-state index in [1.807, 2.05) is 13.8 Å². The fourth-order valence-electron chi connectivity index (χ4n) is 1.04. The second-order valence-corrected chi connectivity index (χ2v) is 2.61. The average molecular weight is 209 g/mol. The van der Waals surface area contributed by atoms with E-state index in [2.05, 4.69) is 0 Å². The lowest BCUT2D eigenvalue weighted by Gasteiger charge is -2.06. The van der Waals surface area contributed by atoms with Gasteiger partial charge in [0.15, 0.2) is 0 Å². The molecule has 0 heterocycles. The monoisotopic (exact) mass is 209 g/mol. The van der Waals surface area contributed by atoms with E-state index < -0.39 is 5.82 Å². The molecular formula is C12H16FNO. The summed E-state index contributed by atoms with van der Waals surface area (Å²) >= 11 is 0. The highest BCUT2D eigenvalue weighted by molar-refractivity contribution is 5.46. The van der Waals surface area contributed by atoms with Crippen molar-refractivity contribution in [1.82, 2.24) is 0 Å². The van der Waals surface area contributed by atoms with Gasteiger partial charge < -0.3 is 4.74 Å². The van der Waals surface area contributed by atoms with Gasteiger partial charge in [0, 0.05) is 0 Å².